The highest BCUT2D eigenvalue weighted by molar-refractivity contribution is 5.95. The highest BCUT2D eigenvalue weighted by Gasteiger charge is 2.19. The van der Waals surface area contributed by atoms with Crippen LogP contribution in [0.15, 0.2) is 24.3 Å². The lowest BCUT2D eigenvalue weighted by Gasteiger charge is -2.19. The molecule has 0 spiro atoms. The van der Waals surface area contributed by atoms with Crippen molar-refractivity contribution >= 4 is 23.7 Å². The molecule has 1 aromatic rings. The number of amides is 2. The van der Waals surface area contributed by atoms with Gasteiger partial charge in [-0.2, -0.15) is 0 Å². The largest absolute Gasteiger partial charge is 0.452 e. The Morgan fingerprint density at radius 3 is 2.48 bits per heavy atom. The minimum atomic E-state index is -0.936. The first-order valence-electron chi connectivity index (χ1n) is 8.10. The number of anilines is 1. The lowest BCUT2D eigenvalue weighted by atomic mass is 10.2. The number of benzene rings is 1. The fourth-order valence-electron chi connectivity index (χ4n) is 1.86. The number of esters is 1. The molecule has 25 heavy (non-hydrogen) atoms. The van der Waals surface area contributed by atoms with Gasteiger partial charge in [0.15, 0.2) is 6.10 Å². The van der Waals surface area contributed by atoms with Crippen LogP contribution in [0.2, 0.25) is 0 Å². The molecule has 0 fully saturated rings. The summed E-state index contributed by atoms with van der Waals surface area (Å²) >= 11 is 0. The van der Waals surface area contributed by atoms with Gasteiger partial charge in [0.05, 0.1) is 6.42 Å². The van der Waals surface area contributed by atoms with E-state index in [2.05, 4.69) is 10.6 Å². The van der Waals surface area contributed by atoms with Crippen molar-refractivity contribution in [3.63, 3.8) is 0 Å². The maximum Gasteiger partial charge on any atom is 0.407 e. The molecule has 138 valence electrons. The van der Waals surface area contributed by atoms with Crippen molar-refractivity contribution in [1.29, 1.82) is 0 Å². The van der Waals surface area contributed by atoms with Crippen LogP contribution in [0.4, 0.5) is 10.5 Å². The maximum absolute atomic E-state index is 12.0. The fourth-order valence-corrected chi connectivity index (χ4v) is 1.86. The average Bonchev–Trinajstić information content (AvgIpc) is 2.45. The lowest BCUT2D eigenvalue weighted by Crippen LogP contribution is -2.35. The van der Waals surface area contributed by atoms with E-state index >= 15 is 0 Å². The molecule has 0 heterocycles. The molecule has 1 aromatic carbocycles. The van der Waals surface area contributed by atoms with E-state index in [1.54, 1.807) is 26.8 Å². The van der Waals surface area contributed by atoms with Crippen molar-refractivity contribution < 1.29 is 23.9 Å². The summed E-state index contributed by atoms with van der Waals surface area (Å²) in [5.41, 5.74) is 1.04. The second-order valence-corrected chi connectivity index (χ2v) is 6.67. The van der Waals surface area contributed by atoms with Crippen LogP contribution in [0.1, 0.15) is 39.7 Å². The van der Waals surface area contributed by atoms with E-state index < -0.39 is 29.7 Å². The van der Waals surface area contributed by atoms with Crippen molar-refractivity contribution in [3.05, 3.63) is 29.8 Å². The quantitative estimate of drug-likeness (QED) is 0.770. The van der Waals surface area contributed by atoms with Crippen LogP contribution in [0.25, 0.3) is 0 Å². The molecule has 0 bridgehead atoms. The highest BCUT2D eigenvalue weighted by atomic mass is 16.6. The van der Waals surface area contributed by atoms with E-state index in [1.807, 2.05) is 25.1 Å². The van der Waals surface area contributed by atoms with Gasteiger partial charge in [-0.1, -0.05) is 12.1 Å². The smallest absolute Gasteiger partial charge is 0.407 e. The number of aryl methyl sites for hydroxylation is 1. The van der Waals surface area contributed by atoms with Gasteiger partial charge < -0.3 is 20.1 Å². The molecule has 7 heteroatoms. The standard InChI is InChI=1S/C18H26N2O5/c1-12-7-6-8-14(11-12)20-16(22)13(2)24-15(21)9-10-19-17(23)25-18(3,4)5/h6-8,11,13H,9-10H2,1-5H3,(H,19,23)(H,20,22)/t13-/m0/s1. The van der Waals surface area contributed by atoms with Gasteiger partial charge in [0.2, 0.25) is 0 Å². The van der Waals surface area contributed by atoms with Crippen LogP contribution in [0.5, 0.6) is 0 Å². The van der Waals surface area contributed by atoms with Crippen LogP contribution in [0, 0.1) is 6.92 Å². The third-order valence-electron chi connectivity index (χ3n) is 2.96. The Morgan fingerprint density at radius 2 is 1.88 bits per heavy atom. The molecule has 0 aliphatic carbocycles. The second kappa shape index (κ2) is 9.05. The van der Waals surface area contributed by atoms with E-state index in [9.17, 15) is 14.4 Å². The number of hydrogen-bond donors (Lipinski definition) is 2. The summed E-state index contributed by atoms with van der Waals surface area (Å²) in [4.78, 5) is 35.2. The van der Waals surface area contributed by atoms with E-state index in [0.717, 1.165) is 5.56 Å². The molecule has 0 unspecified atom stereocenters. The van der Waals surface area contributed by atoms with Crippen LogP contribution < -0.4 is 10.6 Å². The summed E-state index contributed by atoms with van der Waals surface area (Å²) in [7, 11) is 0. The van der Waals surface area contributed by atoms with E-state index in [4.69, 9.17) is 9.47 Å². The molecule has 0 aromatic heterocycles. The van der Waals surface area contributed by atoms with E-state index in [0.29, 0.717) is 5.69 Å². The molecule has 2 amide bonds. The molecule has 1 atom stereocenters. The minimum Gasteiger partial charge on any atom is -0.452 e. The number of rotatable bonds is 6. The van der Waals surface area contributed by atoms with Crippen molar-refractivity contribution in [2.24, 2.45) is 0 Å². The van der Waals surface area contributed by atoms with Crippen molar-refractivity contribution in [2.45, 2.75) is 52.7 Å². The zero-order valence-electron chi connectivity index (χ0n) is 15.3. The topological polar surface area (TPSA) is 93.7 Å². The molecule has 0 saturated carbocycles. The summed E-state index contributed by atoms with van der Waals surface area (Å²) in [6.07, 6.45) is -1.60. The zero-order valence-corrected chi connectivity index (χ0v) is 15.3. The Morgan fingerprint density at radius 1 is 1.20 bits per heavy atom. The summed E-state index contributed by atoms with van der Waals surface area (Å²) in [6.45, 7) is 8.71. The van der Waals surface area contributed by atoms with Gasteiger partial charge in [-0.05, 0) is 52.3 Å². The van der Waals surface area contributed by atoms with Crippen LogP contribution in [0.3, 0.4) is 0 Å². The van der Waals surface area contributed by atoms with Gasteiger partial charge in [0, 0.05) is 12.2 Å². The molecular weight excluding hydrogens is 324 g/mol. The molecule has 0 saturated heterocycles. The first-order valence-corrected chi connectivity index (χ1v) is 8.10. The van der Waals surface area contributed by atoms with Gasteiger partial charge in [-0.3, -0.25) is 9.59 Å². The second-order valence-electron chi connectivity index (χ2n) is 6.67. The Labute approximate surface area is 148 Å². The number of hydrogen-bond acceptors (Lipinski definition) is 5. The summed E-state index contributed by atoms with van der Waals surface area (Å²) in [6, 6.07) is 7.31. The lowest BCUT2D eigenvalue weighted by molar-refractivity contribution is -0.153. The van der Waals surface area contributed by atoms with Crippen molar-refractivity contribution in [1.82, 2.24) is 5.32 Å². The molecule has 7 nitrogen and oxygen atoms in total. The number of nitrogens with one attached hydrogen (secondary N) is 2. The Bertz CT molecular complexity index is 622. The molecular formula is C18H26N2O5. The first kappa shape index (κ1) is 20.5. The number of alkyl carbamates (subject to hydrolysis) is 1. The Kier molecular flexibility index (Phi) is 7.42. The molecule has 0 radical (unpaired) electrons. The van der Waals surface area contributed by atoms with Crippen LogP contribution in [-0.2, 0) is 19.1 Å². The fraction of sp³-hybridized carbons (Fsp3) is 0.500. The monoisotopic (exact) mass is 350 g/mol. The Hall–Kier alpha value is -2.57. The van der Waals surface area contributed by atoms with E-state index in [1.165, 1.54) is 6.92 Å². The highest BCUT2D eigenvalue weighted by Crippen LogP contribution is 2.10. The van der Waals surface area contributed by atoms with Gasteiger partial charge in [-0.25, -0.2) is 4.79 Å². The molecule has 0 aliphatic rings. The van der Waals surface area contributed by atoms with Crippen molar-refractivity contribution in [3.8, 4) is 0 Å². The van der Waals surface area contributed by atoms with Crippen LogP contribution >= 0.6 is 0 Å². The Balaban J connectivity index is 2.33. The zero-order chi connectivity index (χ0) is 19.0. The third-order valence-corrected chi connectivity index (χ3v) is 2.96. The number of carbonyl (C=O) groups excluding carboxylic acids is 3. The van der Waals surface area contributed by atoms with Crippen molar-refractivity contribution in [2.75, 3.05) is 11.9 Å². The molecule has 1 rings (SSSR count). The predicted molar refractivity (Wildman–Crippen MR) is 94.2 cm³/mol. The van der Waals surface area contributed by atoms with Gasteiger partial charge >= 0.3 is 12.1 Å². The normalized spacial score (nSPS) is 12.0. The SMILES string of the molecule is Cc1cccc(NC(=O)[C@H](C)OC(=O)CCNC(=O)OC(C)(C)C)c1. The van der Waals surface area contributed by atoms with E-state index in [-0.39, 0.29) is 13.0 Å². The van der Waals surface area contributed by atoms with Crippen LogP contribution in [-0.4, -0.2) is 36.2 Å². The number of ether oxygens (including phenoxy) is 2. The van der Waals surface area contributed by atoms with Gasteiger partial charge in [0.1, 0.15) is 5.60 Å². The maximum atomic E-state index is 12.0. The van der Waals surface area contributed by atoms with Gasteiger partial charge in [0.25, 0.3) is 5.91 Å². The summed E-state index contributed by atoms with van der Waals surface area (Å²) < 4.78 is 10.1. The molecule has 0 aliphatic heterocycles. The van der Waals surface area contributed by atoms with Gasteiger partial charge in [-0.15, -0.1) is 0 Å². The summed E-state index contributed by atoms with van der Waals surface area (Å²) in [5, 5.41) is 5.14. The third kappa shape index (κ3) is 8.74. The predicted octanol–water partition coefficient (Wildman–Crippen LogP) is 2.78. The minimum absolute atomic E-state index is 0.0543. The number of carbonyl (C=O) groups is 3. The molecule has 2 N–H and O–H groups in total. The first-order chi connectivity index (χ1) is 11.6. The average molecular weight is 350 g/mol. The summed E-state index contributed by atoms with van der Waals surface area (Å²) in [5.74, 6) is -0.998.